The first-order valence-electron chi connectivity index (χ1n) is 2.79. The zero-order valence-corrected chi connectivity index (χ0v) is 6.90. The van der Waals surface area contributed by atoms with Crippen LogP contribution >= 0.6 is 11.3 Å². The molecule has 1 radical (unpaired) electrons. The van der Waals surface area contributed by atoms with Crippen molar-refractivity contribution in [2.75, 3.05) is 0 Å². The highest BCUT2D eigenvalue weighted by molar-refractivity contribution is 7.09. The third kappa shape index (κ3) is 1.45. The molecule has 1 aromatic heterocycles. The molecule has 0 spiro atoms. The van der Waals surface area contributed by atoms with Crippen molar-refractivity contribution in [3.63, 3.8) is 0 Å². The molecule has 0 aliphatic heterocycles. The molecule has 2 heteroatoms. The SMILES string of the molecule is CC[SiH]c1ccsc1. The first-order valence-corrected chi connectivity index (χ1v) is 5.12. The Bertz CT molecular complexity index is 134. The van der Waals surface area contributed by atoms with E-state index in [4.69, 9.17) is 0 Å². The zero-order chi connectivity index (χ0) is 5.82. The average Bonchev–Trinajstić information content (AvgIpc) is 2.19. The number of thiophene rings is 1. The summed E-state index contributed by atoms with van der Waals surface area (Å²) in [6.07, 6.45) is 0. The molecule has 1 aromatic rings. The van der Waals surface area contributed by atoms with Crippen LogP contribution < -0.4 is 5.19 Å². The van der Waals surface area contributed by atoms with Crippen molar-refractivity contribution in [3.8, 4) is 0 Å². The van der Waals surface area contributed by atoms with Gasteiger partial charge in [0.05, 0.1) is 9.52 Å². The fourth-order valence-electron chi connectivity index (χ4n) is 0.627. The fourth-order valence-corrected chi connectivity index (χ4v) is 2.64. The van der Waals surface area contributed by atoms with Gasteiger partial charge in [0.2, 0.25) is 0 Å². The number of rotatable bonds is 2. The number of hydrogen-bond donors (Lipinski definition) is 0. The molecule has 0 saturated carbocycles. The maximum absolute atomic E-state index is 2.25. The normalized spacial score (nSPS) is 9.62. The smallest absolute Gasteiger partial charge is 0.0676 e. The zero-order valence-electron chi connectivity index (χ0n) is 4.92. The lowest BCUT2D eigenvalue weighted by atomic mass is 10.7. The Morgan fingerprint density at radius 1 is 1.75 bits per heavy atom. The predicted molar refractivity (Wildman–Crippen MR) is 41.6 cm³/mol. The van der Waals surface area contributed by atoms with Crippen molar-refractivity contribution < 1.29 is 0 Å². The Kier molecular flexibility index (Phi) is 2.30. The summed E-state index contributed by atoms with van der Waals surface area (Å²) in [5.41, 5.74) is 0. The summed E-state index contributed by atoms with van der Waals surface area (Å²) in [5, 5.41) is 5.97. The minimum absolute atomic E-state index is 0.587. The van der Waals surface area contributed by atoms with Gasteiger partial charge in [0.1, 0.15) is 0 Å². The maximum atomic E-state index is 2.25. The van der Waals surface area contributed by atoms with Gasteiger partial charge in [0.25, 0.3) is 0 Å². The van der Waals surface area contributed by atoms with E-state index < -0.39 is 0 Å². The van der Waals surface area contributed by atoms with E-state index in [-0.39, 0.29) is 0 Å². The Hall–Kier alpha value is -0.0831. The molecule has 1 rings (SSSR count). The highest BCUT2D eigenvalue weighted by Crippen LogP contribution is 1.91. The predicted octanol–water partition coefficient (Wildman–Crippen LogP) is 1.25. The topological polar surface area (TPSA) is 0 Å². The van der Waals surface area contributed by atoms with E-state index in [1.807, 2.05) is 0 Å². The number of hydrogen-bond acceptors (Lipinski definition) is 1. The molecule has 0 aromatic carbocycles. The summed E-state index contributed by atoms with van der Waals surface area (Å²) in [7, 11) is 0.587. The summed E-state index contributed by atoms with van der Waals surface area (Å²) in [5.74, 6) is 0. The molecule has 0 N–H and O–H groups in total. The lowest BCUT2D eigenvalue weighted by Crippen LogP contribution is -2.07. The highest BCUT2D eigenvalue weighted by atomic mass is 32.1. The van der Waals surface area contributed by atoms with E-state index in [0.717, 1.165) is 0 Å². The van der Waals surface area contributed by atoms with Gasteiger partial charge in [-0.1, -0.05) is 24.2 Å². The van der Waals surface area contributed by atoms with Gasteiger partial charge in [-0.05, 0) is 10.8 Å². The second kappa shape index (κ2) is 3.05. The molecule has 1 heterocycles. The van der Waals surface area contributed by atoms with Gasteiger partial charge in [-0.2, -0.15) is 11.3 Å². The van der Waals surface area contributed by atoms with Crippen molar-refractivity contribution >= 4 is 26.0 Å². The van der Waals surface area contributed by atoms with Crippen molar-refractivity contribution in [1.82, 2.24) is 0 Å². The minimum atomic E-state index is 0.587. The first-order chi connectivity index (χ1) is 3.93. The van der Waals surface area contributed by atoms with Gasteiger partial charge >= 0.3 is 0 Å². The van der Waals surface area contributed by atoms with Crippen LogP contribution in [0.2, 0.25) is 6.04 Å². The lowest BCUT2D eigenvalue weighted by molar-refractivity contribution is 1.46. The van der Waals surface area contributed by atoms with Crippen LogP contribution in [0.25, 0.3) is 0 Å². The van der Waals surface area contributed by atoms with Gasteiger partial charge in [0, 0.05) is 0 Å². The van der Waals surface area contributed by atoms with Gasteiger partial charge in [-0.25, -0.2) is 0 Å². The van der Waals surface area contributed by atoms with Crippen molar-refractivity contribution in [2.45, 2.75) is 13.0 Å². The van der Waals surface area contributed by atoms with Gasteiger partial charge in [0.15, 0.2) is 0 Å². The van der Waals surface area contributed by atoms with E-state index in [2.05, 4.69) is 23.8 Å². The van der Waals surface area contributed by atoms with Crippen LogP contribution in [0.5, 0.6) is 0 Å². The third-order valence-electron chi connectivity index (χ3n) is 0.983. The molecule has 0 aliphatic carbocycles. The standard InChI is InChI=1S/C6H9SSi/c1-2-8-6-3-4-7-5-6/h3-5,8H,2H2,1H3. The van der Waals surface area contributed by atoms with Crippen LogP contribution in [0, 0.1) is 0 Å². The van der Waals surface area contributed by atoms with Gasteiger partial charge < -0.3 is 0 Å². The largest absolute Gasteiger partial charge is 0.153 e. The van der Waals surface area contributed by atoms with Crippen LogP contribution in [-0.2, 0) is 0 Å². The molecule has 0 nitrogen and oxygen atoms in total. The molecule has 8 heavy (non-hydrogen) atoms. The van der Waals surface area contributed by atoms with E-state index >= 15 is 0 Å². The Morgan fingerprint density at radius 3 is 3.12 bits per heavy atom. The molecular formula is C6H9SSi. The second-order valence-electron chi connectivity index (χ2n) is 1.67. The molecule has 0 saturated heterocycles. The molecule has 0 aliphatic rings. The van der Waals surface area contributed by atoms with Crippen LogP contribution in [0.4, 0.5) is 0 Å². The van der Waals surface area contributed by atoms with Crippen molar-refractivity contribution in [2.24, 2.45) is 0 Å². The van der Waals surface area contributed by atoms with E-state index in [1.54, 1.807) is 16.5 Å². The third-order valence-corrected chi connectivity index (χ3v) is 3.16. The van der Waals surface area contributed by atoms with Crippen molar-refractivity contribution in [3.05, 3.63) is 16.8 Å². The van der Waals surface area contributed by atoms with E-state index in [9.17, 15) is 0 Å². The molecule has 0 atom stereocenters. The maximum Gasteiger partial charge on any atom is 0.0676 e. The van der Waals surface area contributed by atoms with E-state index in [1.165, 1.54) is 6.04 Å². The molecule has 0 amide bonds. The minimum Gasteiger partial charge on any atom is -0.153 e. The lowest BCUT2D eigenvalue weighted by Gasteiger charge is -1.84. The highest BCUT2D eigenvalue weighted by Gasteiger charge is 1.87. The van der Waals surface area contributed by atoms with E-state index in [0.29, 0.717) is 9.52 Å². The second-order valence-corrected chi connectivity index (χ2v) is 4.34. The summed E-state index contributed by atoms with van der Waals surface area (Å²) in [4.78, 5) is 0. The van der Waals surface area contributed by atoms with Crippen LogP contribution in [-0.4, -0.2) is 9.52 Å². The van der Waals surface area contributed by atoms with Crippen LogP contribution in [0.3, 0.4) is 0 Å². The van der Waals surface area contributed by atoms with Gasteiger partial charge in [-0.15, -0.1) is 0 Å². The van der Waals surface area contributed by atoms with Crippen molar-refractivity contribution in [1.29, 1.82) is 0 Å². The van der Waals surface area contributed by atoms with Gasteiger partial charge in [-0.3, -0.25) is 0 Å². The molecule has 0 bridgehead atoms. The fraction of sp³-hybridized carbons (Fsp3) is 0.333. The quantitative estimate of drug-likeness (QED) is 0.544. The molecular weight excluding hydrogens is 132 g/mol. The Morgan fingerprint density at radius 2 is 2.62 bits per heavy atom. The first kappa shape index (κ1) is 6.04. The summed E-state index contributed by atoms with van der Waals surface area (Å²) >= 11 is 1.80. The average molecular weight is 141 g/mol. The van der Waals surface area contributed by atoms with Crippen LogP contribution in [0.1, 0.15) is 6.92 Å². The Balaban J connectivity index is 2.50. The van der Waals surface area contributed by atoms with Crippen LogP contribution in [0.15, 0.2) is 16.8 Å². The molecule has 43 valence electrons. The summed E-state index contributed by atoms with van der Waals surface area (Å²) in [6.45, 7) is 2.24. The monoisotopic (exact) mass is 141 g/mol. The Labute approximate surface area is 56.4 Å². The molecule has 0 fully saturated rings. The summed E-state index contributed by atoms with van der Waals surface area (Å²) in [6, 6.07) is 3.57. The summed E-state index contributed by atoms with van der Waals surface area (Å²) < 4.78 is 0. The molecule has 0 unspecified atom stereocenters.